The van der Waals surface area contributed by atoms with E-state index < -0.39 is 23.7 Å². The summed E-state index contributed by atoms with van der Waals surface area (Å²) < 4.78 is 16.0. The first kappa shape index (κ1) is 18.0. The third kappa shape index (κ3) is 5.28. The van der Waals surface area contributed by atoms with Gasteiger partial charge in [-0.1, -0.05) is 6.58 Å². The lowest BCUT2D eigenvalue weighted by Gasteiger charge is -2.35. The number of ether oxygens (including phenoxy) is 3. The quantitative estimate of drug-likeness (QED) is 0.588. The van der Waals surface area contributed by atoms with Crippen LogP contribution in [-0.2, 0) is 19.0 Å². The average Bonchev–Trinajstić information content (AvgIpc) is 2.33. The van der Waals surface area contributed by atoms with E-state index in [2.05, 4.69) is 6.58 Å². The monoisotopic (exact) mass is 275 g/mol. The molecule has 0 aromatic carbocycles. The summed E-state index contributed by atoms with van der Waals surface area (Å²) in [7, 11) is 3.11. The van der Waals surface area contributed by atoms with Crippen LogP contribution in [0.5, 0.6) is 0 Å². The number of nitrogens with two attached hydrogens (primary N) is 1. The molecule has 6 nitrogen and oxygen atoms in total. The van der Waals surface area contributed by atoms with Crippen molar-refractivity contribution in [1.82, 2.24) is 0 Å². The van der Waals surface area contributed by atoms with E-state index in [1.54, 1.807) is 35.0 Å². The first-order valence-corrected chi connectivity index (χ1v) is 6.03. The Hall–Kier alpha value is -0.950. The summed E-state index contributed by atoms with van der Waals surface area (Å²) in [6.45, 7) is 9.42. The van der Waals surface area contributed by atoms with Crippen molar-refractivity contribution in [2.45, 2.75) is 44.7 Å². The van der Waals surface area contributed by atoms with Gasteiger partial charge in [-0.3, -0.25) is 4.79 Å². The second-order valence-electron chi connectivity index (χ2n) is 4.89. The van der Waals surface area contributed by atoms with Crippen LogP contribution in [0.2, 0.25) is 0 Å². The van der Waals surface area contributed by atoms with Gasteiger partial charge >= 0.3 is 0 Å². The minimum Gasteiger partial charge on any atom is -0.382 e. The third-order valence-corrected chi connectivity index (χ3v) is 2.98. The molecule has 0 heterocycles. The molecule has 2 unspecified atom stereocenters. The molecular weight excluding hydrogens is 250 g/mol. The van der Waals surface area contributed by atoms with Gasteiger partial charge in [-0.05, 0) is 26.3 Å². The van der Waals surface area contributed by atoms with Crippen molar-refractivity contribution in [2.24, 2.45) is 5.73 Å². The van der Waals surface area contributed by atoms with E-state index in [1.807, 2.05) is 0 Å². The summed E-state index contributed by atoms with van der Waals surface area (Å²) in [6, 6.07) is 0. The fraction of sp³-hybridized carbons (Fsp3) is 0.769. The van der Waals surface area contributed by atoms with Crippen LogP contribution in [0.3, 0.4) is 0 Å². The Morgan fingerprint density at radius 2 is 1.95 bits per heavy atom. The smallest absolute Gasteiger partial charge is 0.248 e. The second-order valence-corrected chi connectivity index (χ2v) is 4.89. The summed E-state index contributed by atoms with van der Waals surface area (Å²) >= 11 is 0. The van der Waals surface area contributed by atoms with Crippen LogP contribution in [0.25, 0.3) is 0 Å². The van der Waals surface area contributed by atoms with E-state index in [0.717, 1.165) is 0 Å². The Labute approximate surface area is 114 Å². The van der Waals surface area contributed by atoms with Crippen molar-refractivity contribution in [3.63, 3.8) is 0 Å². The number of aliphatic hydroxyl groups excluding tert-OH is 1. The highest BCUT2D eigenvalue weighted by Gasteiger charge is 2.33. The molecule has 3 atom stereocenters. The maximum absolute atomic E-state index is 10.9. The van der Waals surface area contributed by atoms with E-state index in [1.165, 1.54) is 0 Å². The van der Waals surface area contributed by atoms with E-state index in [0.29, 0.717) is 12.2 Å². The molecule has 0 aromatic rings. The van der Waals surface area contributed by atoms with Crippen molar-refractivity contribution in [3.05, 3.63) is 12.2 Å². The number of rotatable bonds is 9. The fourth-order valence-corrected chi connectivity index (χ4v) is 1.69. The summed E-state index contributed by atoms with van der Waals surface area (Å²) in [5.74, 6) is -0.825. The van der Waals surface area contributed by atoms with E-state index in [9.17, 15) is 9.90 Å². The van der Waals surface area contributed by atoms with Crippen LogP contribution in [0.1, 0.15) is 20.8 Å². The summed E-state index contributed by atoms with van der Waals surface area (Å²) in [5.41, 5.74) is 4.89. The van der Waals surface area contributed by atoms with Gasteiger partial charge in [0.05, 0.1) is 18.3 Å². The molecule has 0 radical (unpaired) electrons. The fourth-order valence-electron chi connectivity index (χ4n) is 1.69. The molecule has 0 saturated carbocycles. The molecule has 0 aliphatic rings. The summed E-state index contributed by atoms with van der Waals surface area (Å²) in [6.07, 6.45) is -2.45. The van der Waals surface area contributed by atoms with Crippen molar-refractivity contribution >= 4 is 5.91 Å². The van der Waals surface area contributed by atoms with E-state index >= 15 is 0 Å². The van der Waals surface area contributed by atoms with Gasteiger partial charge in [0.15, 0.2) is 6.10 Å². The van der Waals surface area contributed by atoms with Crippen LogP contribution in [0.4, 0.5) is 0 Å². The Morgan fingerprint density at radius 3 is 2.32 bits per heavy atom. The van der Waals surface area contributed by atoms with Crippen LogP contribution in [0, 0.1) is 0 Å². The van der Waals surface area contributed by atoms with Crippen molar-refractivity contribution in [3.8, 4) is 0 Å². The lowest BCUT2D eigenvalue weighted by molar-refractivity contribution is -0.142. The Kier molecular flexibility index (Phi) is 7.21. The topological polar surface area (TPSA) is 91.0 Å². The van der Waals surface area contributed by atoms with Gasteiger partial charge < -0.3 is 25.1 Å². The molecule has 6 heteroatoms. The zero-order chi connectivity index (χ0) is 15.2. The molecule has 0 aromatic heterocycles. The number of carbonyl (C=O) groups excluding carboxylic acids is 1. The maximum atomic E-state index is 10.9. The van der Waals surface area contributed by atoms with Gasteiger partial charge in [-0.15, -0.1) is 0 Å². The van der Waals surface area contributed by atoms with Crippen LogP contribution >= 0.6 is 0 Å². The molecule has 19 heavy (non-hydrogen) atoms. The predicted octanol–water partition coefficient (Wildman–Crippen LogP) is 0.234. The number of hydrogen-bond acceptors (Lipinski definition) is 5. The Balaban J connectivity index is 4.77. The Morgan fingerprint density at radius 1 is 1.42 bits per heavy atom. The minimum absolute atomic E-state index is 0.335. The molecule has 3 N–H and O–H groups in total. The van der Waals surface area contributed by atoms with E-state index in [4.69, 9.17) is 19.9 Å². The number of carbonyl (C=O) groups is 1. The first-order valence-electron chi connectivity index (χ1n) is 6.03. The molecule has 0 aliphatic carbocycles. The zero-order valence-electron chi connectivity index (χ0n) is 12.3. The molecule has 1 amide bonds. The lowest BCUT2D eigenvalue weighted by Crippen LogP contribution is -2.45. The van der Waals surface area contributed by atoms with Gasteiger partial charge in [0.25, 0.3) is 0 Å². The number of primary amides is 1. The number of methoxy groups -OCH3 is 2. The lowest BCUT2D eigenvalue weighted by atomic mass is 9.94. The predicted molar refractivity (Wildman–Crippen MR) is 71.6 cm³/mol. The molecule has 0 aliphatic heterocycles. The van der Waals surface area contributed by atoms with E-state index in [-0.39, 0.29) is 6.10 Å². The highest BCUT2D eigenvalue weighted by molar-refractivity contribution is 5.79. The molecule has 0 fully saturated rings. The third-order valence-electron chi connectivity index (χ3n) is 2.98. The second kappa shape index (κ2) is 7.59. The van der Waals surface area contributed by atoms with Crippen molar-refractivity contribution < 1.29 is 24.1 Å². The van der Waals surface area contributed by atoms with Crippen LogP contribution in [-0.4, -0.2) is 55.8 Å². The first-order chi connectivity index (χ1) is 8.67. The van der Waals surface area contributed by atoms with Crippen LogP contribution in [0.15, 0.2) is 12.2 Å². The number of amides is 1. The van der Waals surface area contributed by atoms with Gasteiger partial charge in [-0.25, -0.2) is 0 Å². The van der Waals surface area contributed by atoms with Gasteiger partial charge in [0.1, 0.15) is 6.10 Å². The standard InChI is InChI=1S/C13H25NO5/c1-8(10(18-6)7-17-5)13(3,4)19-9(2)11(15)12(14)16/h9-11,15H,1,7H2,2-6H3,(H2,14,16)/t9?,10-,11?/m1/s1. The largest absolute Gasteiger partial charge is 0.382 e. The summed E-state index contributed by atoms with van der Waals surface area (Å²) in [5, 5.41) is 9.55. The molecule has 112 valence electrons. The molecule has 0 spiro atoms. The van der Waals surface area contributed by atoms with Gasteiger partial charge in [0.2, 0.25) is 5.91 Å². The number of aliphatic hydroxyl groups is 1. The maximum Gasteiger partial charge on any atom is 0.248 e. The average molecular weight is 275 g/mol. The Bertz CT molecular complexity index is 316. The van der Waals surface area contributed by atoms with Gasteiger partial charge in [-0.2, -0.15) is 0 Å². The summed E-state index contributed by atoms with van der Waals surface area (Å²) in [4.78, 5) is 10.9. The zero-order valence-corrected chi connectivity index (χ0v) is 12.3. The normalized spacial score (nSPS) is 16.7. The molecule has 0 bridgehead atoms. The molecule has 0 rings (SSSR count). The van der Waals surface area contributed by atoms with Crippen molar-refractivity contribution in [2.75, 3.05) is 20.8 Å². The SMILES string of the molecule is C=C([C@@H](COC)OC)C(C)(C)OC(C)C(O)C(N)=O. The molecule has 0 saturated heterocycles. The van der Waals surface area contributed by atoms with Crippen molar-refractivity contribution in [1.29, 1.82) is 0 Å². The highest BCUT2D eigenvalue weighted by Crippen LogP contribution is 2.26. The molecular formula is C13H25NO5. The number of hydrogen-bond donors (Lipinski definition) is 2. The van der Waals surface area contributed by atoms with Crippen LogP contribution < -0.4 is 5.73 Å². The van der Waals surface area contributed by atoms with Gasteiger partial charge in [0, 0.05) is 14.2 Å². The highest BCUT2D eigenvalue weighted by atomic mass is 16.5. The minimum atomic E-state index is -1.37.